The van der Waals surface area contributed by atoms with E-state index in [0.717, 1.165) is 22.9 Å². The molecular formula is C33H41BrN2O4. The first-order valence-corrected chi connectivity index (χ1v) is 14.6. The Kier molecular flexibility index (Phi) is 11.5. The average Bonchev–Trinajstić information content (AvgIpc) is 3.13. The molecule has 0 saturated carbocycles. The second kappa shape index (κ2) is 14.6. The van der Waals surface area contributed by atoms with Crippen molar-refractivity contribution in [1.29, 1.82) is 0 Å². The Labute approximate surface area is 246 Å². The van der Waals surface area contributed by atoms with Gasteiger partial charge in [0, 0.05) is 42.0 Å². The Morgan fingerprint density at radius 2 is 1.85 bits per heavy atom. The predicted octanol–water partition coefficient (Wildman–Crippen LogP) is 6.28. The molecule has 0 aliphatic carbocycles. The molecule has 1 heterocycles. The molecule has 0 bridgehead atoms. The van der Waals surface area contributed by atoms with E-state index >= 15 is 0 Å². The summed E-state index contributed by atoms with van der Waals surface area (Å²) < 4.78 is 0.777. The van der Waals surface area contributed by atoms with Crippen LogP contribution in [0.4, 0.5) is 5.69 Å². The highest BCUT2D eigenvalue weighted by Gasteiger charge is 2.52. The Balaban J connectivity index is 1.75. The first-order chi connectivity index (χ1) is 19.1. The number of anilines is 1. The number of aliphatic hydroxyl groups is 2. The molecule has 0 aromatic heterocycles. The van der Waals surface area contributed by atoms with Crippen LogP contribution in [-0.4, -0.2) is 46.6 Å². The molecule has 40 heavy (non-hydrogen) atoms. The summed E-state index contributed by atoms with van der Waals surface area (Å²) in [6, 6.07) is 15.2. The van der Waals surface area contributed by atoms with Gasteiger partial charge in [-0.2, -0.15) is 0 Å². The zero-order valence-electron chi connectivity index (χ0n) is 23.9. The lowest BCUT2D eigenvalue weighted by molar-refractivity contribution is -0.139. The van der Waals surface area contributed by atoms with Crippen molar-refractivity contribution in [2.45, 2.75) is 59.1 Å². The molecule has 3 rings (SSSR count). The Bertz CT molecular complexity index is 1270. The van der Waals surface area contributed by atoms with Crippen LogP contribution in [0.5, 0.6) is 0 Å². The largest absolute Gasteiger partial charge is 0.395 e. The first kappa shape index (κ1) is 31.5. The molecule has 2 aromatic rings. The summed E-state index contributed by atoms with van der Waals surface area (Å²) in [5, 5.41) is 21.3. The highest BCUT2D eigenvalue weighted by atomic mass is 79.9. The summed E-state index contributed by atoms with van der Waals surface area (Å²) in [6.07, 6.45) is 9.67. The molecule has 214 valence electrons. The standard InChI is InChI=1S/C33H41BrN2O4/c1-24(2)10-8-11-25(3)18-19-36-30-17-16-28(34)22-29(30)33(40,32(36)39)26(4)12-9-15-31(38)35(20-21-37)23-27-13-6-5-7-14-27/h5-7,9-10,12-14,16-18,22,26,37,40H,8,11,15,19-21,23H2,1-4H3/b12-9+,25-18+/t26-,33+/m1/s1. The lowest BCUT2D eigenvalue weighted by Gasteiger charge is -2.27. The van der Waals surface area contributed by atoms with Crippen LogP contribution in [0, 0.1) is 5.92 Å². The van der Waals surface area contributed by atoms with Crippen LogP contribution in [0.3, 0.4) is 0 Å². The van der Waals surface area contributed by atoms with Gasteiger partial charge < -0.3 is 20.0 Å². The Morgan fingerprint density at radius 3 is 2.52 bits per heavy atom. The van der Waals surface area contributed by atoms with Crippen LogP contribution in [0.15, 0.2) is 88.5 Å². The summed E-state index contributed by atoms with van der Waals surface area (Å²) in [7, 11) is 0. The van der Waals surface area contributed by atoms with Gasteiger partial charge in [-0.1, -0.05) is 88.6 Å². The minimum absolute atomic E-state index is 0.101. The topological polar surface area (TPSA) is 81.1 Å². The number of amides is 2. The molecule has 7 heteroatoms. The minimum Gasteiger partial charge on any atom is -0.395 e. The van der Waals surface area contributed by atoms with Gasteiger partial charge in [-0.25, -0.2) is 0 Å². The molecule has 0 radical (unpaired) electrons. The Hall–Kier alpha value is -3.00. The SMILES string of the molecule is CC(C)=CCC/C(C)=C/CN1C(=O)[C@](O)([C@H](C)/C=C/CC(=O)N(CCO)Cc2ccccc2)c2cc(Br)ccc21. The normalized spacial score (nSPS) is 17.7. The van der Waals surface area contributed by atoms with Crippen LogP contribution in [-0.2, 0) is 21.7 Å². The third-order valence-corrected chi connectivity index (χ3v) is 7.75. The van der Waals surface area contributed by atoms with Crippen molar-refractivity contribution in [3.8, 4) is 0 Å². The van der Waals surface area contributed by atoms with Gasteiger partial charge in [-0.3, -0.25) is 9.59 Å². The molecule has 1 aliphatic heterocycles. The van der Waals surface area contributed by atoms with Gasteiger partial charge in [0.05, 0.1) is 12.3 Å². The zero-order valence-corrected chi connectivity index (χ0v) is 25.5. The lowest BCUT2D eigenvalue weighted by Crippen LogP contribution is -2.44. The monoisotopic (exact) mass is 608 g/mol. The van der Waals surface area contributed by atoms with Crippen LogP contribution < -0.4 is 4.90 Å². The molecule has 2 N–H and O–H groups in total. The van der Waals surface area contributed by atoms with Crippen molar-refractivity contribution in [3.05, 3.63) is 99.6 Å². The number of fused-ring (bicyclic) bond motifs is 1. The third-order valence-electron chi connectivity index (χ3n) is 7.26. The summed E-state index contributed by atoms with van der Waals surface area (Å²) >= 11 is 3.49. The van der Waals surface area contributed by atoms with E-state index in [4.69, 9.17) is 0 Å². The van der Waals surface area contributed by atoms with E-state index in [1.54, 1.807) is 34.9 Å². The maximum atomic E-state index is 13.7. The molecule has 0 saturated heterocycles. The number of carbonyl (C=O) groups excluding carboxylic acids is 2. The highest BCUT2D eigenvalue weighted by molar-refractivity contribution is 9.10. The second-order valence-corrected chi connectivity index (χ2v) is 11.6. The summed E-state index contributed by atoms with van der Waals surface area (Å²) in [6.45, 7) is 8.91. The molecule has 2 aromatic carbocycles. The summed E-state index contributed by atoms with van der Waals surface area (Å²) in [4.78, 5) is 29.9. The lowest BCUT2D eigenvalue weighted by atomic mass is 9.83. The number of nitrogens with zero attached hydrogens (tertiary/aromatic N) is 2. The predicted molar refractivity (Wildman–Crippen MR) is 165 cm³/mol. The molecule has 2 atom stereocenters. The zero-order chi connectivity index (χ0) is 29.3. The molecule has 2 amide bonds. The van der Waals surface area contributed by atoms with E-state index in [1.807, 2.05) is 42.5 Å². The number of rotatable bonds is 13. The number of aliphatic hydroxyl groups excluding tert-OH is 1. The number of hydrogen-bond donors (Lipinski definition) is 2. The van der Waals surface area contributed by atoms with Crippen LogP contribution in [0.2, 0.25) is 0 Å². The van der Waals surface area contributed by atoms with Gasteiger partial charge in [0.2, 0.25) is 5.91 Å². The average molecular weight is 610 g/mol. The van der Waals surface area contributed by atoms with Gasteiger partial charge in [0.25, 0.3) is 5.91 Å². The fourth-order valence-electron chi connectivity index (χ4n) is 4.90. The van der Waals surface area contributed by atoms with Crippen LogP contribution in [0.25, 0.3) is 0 Å². The fraction of sp³-hybridized carbons (Fsp3) is 0.394. The van der Waals surface area contributed by atoms with Gasteiger partial charge in [-0.15, -0.1) is 0 Å². The summed E-state index contributed by atoms with van der Waals surface area (Å²) in [5.74, 6) is -1.08. The molecule has 1 aliphatic rings. The van der Waals surface area contributed by atoms with E-state index in [-0.39, 0.29) is 31.4 Å². The van der Waals surface area contributed by atoms with Crippen molar-refractivity contribution in [2.75, 3.05) is 24.6 Å². The van der Waals surface area contributed by atoms with Gasteiger partial charge in [0.15, 0.2) is 5.60 Å². The maximum Gasteiger partial charge on any atom is 0.264 e. The van der Waals surface area contributed by atoms with Crippen LogP contribution >= 0.6 is 15.9 Å². The number of halogens is 1. The van der Waals surface area contributed by atoms with Crippen molar-refractivity contribution in [2.24, 2.45) is 5.92 Å². The number of allylic oxidation sites excluding steroid dienone is 3. The molecule has 0 fully saturated rings. The second-order valence-electron chi connectivity index (χ2n) is 10.7. The van der Waals surface area contributed by atoms with Gasteiger partial charge >= 0.3 is 0 Å². The molecule has 0 spiro atoms. The van der Waals surface area contributed by atoms with Crippen molar-refractivity contribution in [1.82, 2.24) is 4.90 Å². The van der Waals surface area contributed by atoms with E-state index in [9.17, 15) is 19.8 Å². The smallest absolute Gasteiger partial charge is 0.264 e. The van der Waals surface area contributed by atoms with E-state index in [1.165, 1.54) is 11.1 Å². The van der Waals surface area contributed by atoms with Gasteiger partial charge in [0.1, 0.15) is 0 Å². The van der Waals surface area contributed by atoms with Crippen molar-refractivity contribution < 1.29 is 19.8 Å². The van der Waals surface area contributed by atoms with Crippen LogP contribution in [0.1, 0.15) is 58.1 Å². The number of carbonyl (C=O) groups is 2. The van der Waals surface area contributed by atoms with Crippen molar-refractivity contribution >= 4 is 33.4 Å². The third kappa shape index (κ3) is 7.80. The van der Waals surface area contributed by atoms with E-state index in [0.29, 0.717) is 24.3 Å². The first-order valence-electron chi connectivity index (χ1n) is 13.8. The van der Waals surface area contributed by atoms with E-state index < -0.39 is 11.5 Å². The summed E-state index contributed by atoms with van der Waals surface area (Å²) in [5.41, 5.74) is 2.95. The maximum absolute atomic E-state index is 13.7. The molecular weight excluding hydrogens is 568 g/mol. The molecule has 6 nitrogen and oxygen atoms in total. The molecule has 0 unspecified atom stereocenters. The van der Waals surface area contributed by atoms with Gasteiger partial charge in [-0.05, 0) is 57.4 Å². The van der Waals surface area contributed by atoms with Crippen molar-refractivity contribution in [3.63, 3.8) is 0 Å². The van der Waals surface area contributed by atoms with E-state index in [2.05, 4.69) is 48.9 Å². The number of benzene rings is 2. The number of hydrogen-bond acceptors (Lipinski definition) is 4. The fourth-order valence-corrected chi connectivity index (χ4v) is 5.26. The Morgan fingerprint density at radius 1 is 1.12 bits per heavy atom. The highest BCUT2D eigenvalue weighted by Crippen LogP contribution is 2.46. The quantitative estimate of drug-likeness (QED) is 0.262. The minimum atomic E-state index is -1.75.